The molecule has 0 saturated heterocycles. The summed E-state index contributed by atoms with van der Waals surface area (Å²) in [4.78, 5) is 7.22. The molecule has 4 nitrogen and oxygen atoms in total. The number of aromatic amines is 1. The second-order valence-corrected chi connectivity index (χ2v) is 6.87. The van der Waals surface area contributed by atoms with E-state index in [1.54, 1.807) is 37.3 Å². The number of hydrogen-bond donors (Lipinski definition) is 1. The van der Waals surface area contributed by atoms with Crippen LogP contribution in [0.4, 0.5) is 5.69 Å². The van der Waals surface area contributed by atoms with Crippen molar-refractivity contribution in [1.82, 2.24) is 4.98 Å². The molecule has 6 heteroatoms. The van der Waals surface area contributed by atoms with Crippen molar-refractivity contribution >= 4 is 35.4 Å². The molecular formula is C21H15ClN3OS-. The van der Waals surface area contributed by atoms with Crippen molar-refractivity contribution < 1.29 is 5.11 Å². The second-order valence-electron chi connectivity index (χ2n) is 6.03. The highest BCUT2D eigenvalue weighted by Crippen LogP contribution is 2.31. The fourth-order valence-electron chi connectivity index (χ4n) is 2.85. The predicted octanol–water partition coefficient (Wildman–Crippen LogP) is 4.99. The molecule has 2 aromatic carbocycles. The minimum Gasteiger partial charge on any atom is -0.858 e. The van der Waals surface area contributed by atoms with Crippen LogP contribution < -0.4 is 5.11 Å². The Bertz CT molecular complexity index is 1140. The SMILES string of the molecule is Cc1ccccc1N=C([O-])c1c(C)[nH]c(=S)c(C#N)c1-c1ccc(Cl)cc1. The lowest BCUT2D eigenvalue weighted by atomic mass is 9.95. The van der Waals surface area contributed by atoms with E-state index in [-0.39, 0.29) is 10.2 Å². The summed E-state index contributed by atoms with van der Waals surface area (Å²) in [5, 5.41) is 23.3. The summed E-state index contributed by atoms with van der Waals surface area (Å²) in [6, 6.07) is 16.4. The third kappa shape index (κ3) is 3.77. The zero-order valence-corrected chi connectivity index (χ0v) is 16.3. The number of nitrogens with one attached hydrogen (secondary N) is 1. The maximum Gasteiger partial charge on any atom is 0.122 e. The summed E-state index contributed by atoms with van der Waals surface area (Å²) in [6.07, 6.45) is 0. The number of aliphatic imine (C=N–C) groups is 1. The van der Waals surface area contributed by atoms with E-state index in [2.05, 4.69) is 16.0 Å². The highest BCUT2D eigenvalue weighted by molar-refractivity contribution is 7.71. The Balaban J connectivity index is 2.33. The molecule has 0 bridgehead atoms. The molecule has 0 amide bonds. The number of benzene rings is 2. The van der Waals surface area contributed by atoms with Crippen LogP contribution in [-0.2, 0) is 0 Å². The molecule has 134 valence electrons. The maximum absolute atomic E-state index is 13.1. The van der Waals surface area contributed by atoms with Gasteiger partial charge in [-0.05, 0) is 49.1 Å². The first-order chi connectivity index (χ1) is 12.9. The van der Waals surface area contributed by atoms with Crippen molar-refractivity contribution in [2.24, 2.45) is 4.99 Å². The van der Waals surface area contributed by atoms with Gasteiger partial charge in [0.2, 0.25) is 0 Å². The van der Waals surface area contributed by atoms with Crippen LogP contribution in [0.1, 0.15) is 22.4 Å². The fourth-order valence-corrected chi connectivity index (χ4v) is 3.28. The quantitative estimate of drug-likeness (QED) is 0.387. The Kier molecular flexibility index (Phi) is 5.41. The van der Waals surface area contributed by atoms with E-state index in [0.717, 1.165) is 5.56 Å². The van der Waals surface area contributed by atoms with Gasteiger partial charge in [-0.15, -0.1) is 0 Å². The number of para-hydroxylation sites is 1. The van der Waals surface area contributed by atoms with Crippen LogP contribution in [-0.4, -0.2) is 10.9 Å². The largest absolute Gasteiger partial charge is 0.858 e. The Labute approximate surface area is 167 Å². The molecular weight excluding hydrogens is 378 g/mol. The topological polar surface area (TPSA) is 75.0 Å². The molecule has 0 unspecified atom stereocenters. The number of halogens is 1. The summed E-state index contributed by atoms with van der Waals surface area (Å²) in [5.74, 6) is -0.436. The number of nitriles is 1. The van der Waals surface area contributed by atoms with E-state index in [9.17, 15) is 10.4 Å². The molecule has 27 heavy (non-hydrogen) atoms. The molecule has 0 saturated carbocycles. The fraction of sp³-hybridized carbons (Fsp3) is 0.0952. The number of H-pyrrole nitrogens is 1. The van der Waals surface area contributed by atoms with Gasteiger partial charge in [0, 0.05) is 21.8 Å². The van der Waals surface area contributed by atoms with Gasteiger partial charge in [-0.2, -0.15) is 5.26 Å². The minimum absolute atomic E-state index is 0.237. The van der Waals surface area contributed by atoms with E-state index >= 15 is 0 Å². The van der Waals surface area contributed by atoms with Gasteiger partial charge in [-0.3, -0.25) is 4.99 Å². The lowest BCUT2D eigenvalue weighted by molar-refractivity contribution is -0.212. The van der Waals surface area contributed by atoms with Gasteiger partial charge in [-0.1, -0.05) is 54.2 Å². The van der Waals surface area contributed by atoms with Crippen molar-refractivity contribution in [2.75, 3.05) is 0 Å². The van der Waals surface area contributed by atoms with E-state index in [4.69, 9.17) is 23.8 Å². The molecule has 1 N–H and O–H groups in total. The summed E-state index contributed by atoms with van der Waals surface area (Å²) >= 11 is 11.3. The highest BCUT2D eigenvalue weighted by Gasteiger charge is 2.16. The molecule has 3 aromatic rings. The minimum atomic E-state index is -0.436. The predicted molar refractivity (Wildman–Crippen MR) is 109 cm³/mol. The average molecular weight is 393 g/mol. The van der Waals surface area contributed by atoms with Crippen molar-refractivity contribution in [2.45, 2.75) is 13.8 Å². The van der Waals surface area contributed by atoms with Gasteiger partial charge in [0.05, 0.1) is 11.3 Å². The van der Waals surface area contributed by atoms with Crippen LogP contribution in [0.15, 0.2) is 53.5 Å². The Morgan fingerprint density at radius 2 is 1.81 bits per heavy atom. The first-order valence-corrected chi connectivity index (χ1v) is 8.95. The molecule has 0 aliphatic heterocycles. The molecule has 3 rings (SSSR count). The molecule has 0 spiro atoms. The number of nitrogens with zero attached hydrogens (tertiary/aromatic N) is 2. The van der Waals surface area contributed by atoms with Gasteiger partial charge < -0.3 is 10.1 Å². The van der Waals surface area contributed by atoms with Crippen LogP contribution in [0.2, 0.25) is 5.02 Å². The standard InChI is InChI=1S/C21H16ClN3OS/c1-12-5-3-4-6-17(12)25-20(26)18-13(2)24-21(27)16(11-23)19(18)14-7-9-15(22)10-8-14/h3-10H,1-2H3,(H,24,27)(H,25,26)/p-1. The summed E-state index contributed by atoms with van der Waals surface area (Å²) in [7, 11) is 0. The van der Waals surface area contributed by atoms with E-state index in [1.165, 1.54) is 0 Å². The van der Waals surface area contributed by atoms with Crippen LogP contribution in [0.25, 0.3) is 11.1 Å². The molecule has 1 heterocycles. The number of aromatic nitrogens is 1. The van der Waals surface area contributed by atoms with Gasteiger partial charge in [0.25, 0.3) is 0 Å². The van der Waals surface area contributed by atoms with Gasteiger partial charge >= 0.3 is 0 Å². The van der Waals surface area contributed by atoms with Crippen molar-refractivity contribution in [3.05, 3.63) is 80.6 Å². The smallest absolute Gasteiger partial charge is 0.122 e. The summed E-state index contributed by atoms with van der Waals surface area (Å²) in [6.45, 7) is 3.63. The molecule has 0 fully saturated rings. The molecule has 1 aromatic heterocycles. The molecule has 0 aliphatic carbocycles. The zero-order valence-electron chi connectivity index (χ0n) is 14.7. The van der Waals surface area contributed by atoms with Crippen molar-refractivity contribution in [1.29, 1.82) is 5.26 Å². The number of aryl methyl sites for hydroxylation is 2. The second kappa shape index (κ2) is 7.75. The third-order valence-electron chi connectivity index (χ3n) is 4.20. The number of rotatable bonds is 3. The van der Waals surface area contributed by atoms with Gasteiger partial charge in [-0.25, -0.2) is 0 Å². The monoisotopic (exact) mass is 392 g/mol. The van der Waals surface area contributed by atoms with E-state index < -0.39 is 5.90 Å². The average Bonchev–Trinajstić information content (AvgIpc) is 2.63. The number of pyridine rings is 1. The Morgan fingerprint density at radius 3 is 2.44 bits per heavy atom. The lowest BCUT2D eigenvalue weighted by Gasteiger charge is -2.20. The summed E-state index contributed by atoms with van der Waals surface area (Å²) < 4.78 is 0.285. The van der Waals surface area contributed by atoms with E-state index in [0.29, 0.717) is 33.1 Å². The van der Waals surface area contributed by atoms with Crippen molar-refractivity contribution in [3.63, 3.8) is 0 Å². The van der Waals surface area contributed by atoms with Crippen LogP contribution in [0, 0.1) is 29.8 Å². The molecule has 0 atom stereocenters. The first-order valence-electron chi connectivity index (χ1n) is 8.17. The van der Waals surface area contributed by atoms with Gasteiger partial charge in [0.1, 0.15) is 10.7 Å². The highest BCUT2D eigenvalue weighted by atomic mass is 35.5. The maximum atomic E-state index is 13.1. The zero-order chi connectivity index (χ0) is 19.6. The van der Waals surface area contributed by atoms with Crippen LogP contribution in [0.5, 0.6) is 0 Å². The molecule has 0 aliphatic rings. The first kappa shape index (κ1) is 18.8. The molecule has 0 radical (unpaired) electrons. The lowest BCUT2D eigenvalue weighted by Crippen LogP contribution is -2.22. The summed E-state index contributed by atoms with van der Waals surface area (Å²) in [5.41, 5.74) is 3.75. The third-order valence-corrected chi connectivity index (χ3v) is 4.76. The Morgan fingerprint density at radius 1 is 1.15 bits per heavy atom. The normalized spacial score (nSPS) is 11.3. The van der Waals surface area contributed by atoms with E-state index in [1.807, 2.05) is 25.1 Å². The van der Waals surface area contributed by atoms with Gasteiger partial charge in [0.15, 0.2) is 0 Å². The van der Waals surface area contributed by atoms with Crippen LogP contribution in [0.3, 0.4) is 0 Å². The number of hydrogen-bond acceptors (Lipinski definition) is 4. The van der Waals surface area contributed by atoms with Crippen molar-refractivity contribution in [3.8, 4) is 17.2 Å². The van der Waals surface area contributed by atoms with Crippen LogP contribution >= 0.6 is 23.8 Å². The Hall–Kier alpha value is -2.94.